The van der Waals surface area contributed by atoms with Gasteiger partial charge in [0.1, 0.15) is 11.4 Å². The zero-order valence-electron chi connectivity index (χ0n) is 21.3. The molecule has 37 heavy (non-hydrogen) atoms. The summed E-state index contributed by atoms with van der Waals surface area (Å²) in [5, 5.41) is 16.9. The van der Waals surface area contributed by atoms with Crippen LogP contribution in [0.3, 0.4) is 0 Å². The molecule has 0 aliphatic carbocycles. The number of carbonyl (C=O) groups is 2. The molecule has 2 unspecified atom stereocenters. The fourth-order valence-corrected chi connectivity index (χ4v) is 4.28. The number of hydrogen-bond acceptors (Lipinski definition) is 9. The van der Waals surface area contributed by atoms with Gasteiger partial charge in [0.15, 0.2) is 5.82 Å². The van der Waals surface area contributed by atoms with E-state index in [0.29, 0.717) is 13.0 Å². The molecule has 2 fully saturated rings. The van der Waals surface area contributed by atoms with Crippen molar-refractivity contribution in [2.75, 3.05) is 25.6 Å². The number of benzene rings is 1. The van der Waals surface area contributed by atoms with E-state index in [0.717, 1.165) is 13.2 Å². The van der Waals surface area contributed by atoms with Crippen LogP contribution in [0.1, 0.15) is 60.9 Å². The third kappa shape index (κ3) is 4.92. The van der Waals surface area contributed by atoms with Crippen molar-refractivity contribution in [3.63, 3.8) is 0 Å². The van der Waals surface area contributed by atoms with Gasteiger partial charge in [0, 0.05) is 24.0 Å². The number of esters is 1. The lowest BCUT2D eigenvalue weighted by Crippen LogP contribution is -2.41. The lowest BCUT2D eigenvalue weighted by molar-refractivity contribution is 0.00578. The van der Waals surface area contributed by atoms with Gasteiger partial charge in [-0.3, -0.25) is 9.48 Å². The summed E-state index contributed by atoms with van der Waals surface area (Å²) in [5.74, 6) is -2.85. The molecule has 2 saturated heterocycles. The minimum atomic E-state index is -1.07. The van der Waals surface area contributed by atoms with E-state index in [-0.39, 0.29) is 40.6 Å². The van der Waals surface area contributed by atoms with Gasteiger partial charge in [-0.1, -0.05) is 0 Å². The van der Waals surface area contributed by atoms with E-state index in [1.165, 1.54) is 16.9 Å². The van der Waals surface area contributed by atoms with Crippen LogP contribution in [-0.2, 0) is 18.8 Å². The highest BCUT2D eigenvalue weighted by Gasteiger charge is 2.53. The maximum atomic E-state index is 15.3. The Morgan fingerprint density at radius 1 is 1.30 bits per heavy atom. The van der Waals surface area contributed by atoms with Crippen molar-refractivity contribution in [3.8, 4) is 6.07 Å². The number of nitriles is 1. The summed E-state index contributed by atoms with van der Waals surface area (Å²) in [5.41, 5.74) is 4.06. The fraction of sp³-hybridized carbons (Fsp3) is 0.500. The molecule has 3 N–H and O–H groups in total. The normalized spacial score (nSPS) is 22.4. The summed E-state index contributed by atoms with van der Waals surface area (Å²) < 4.78 is 39.2. The minimum Gasteiger partial charge on any atom is -0.465 e. The molecule has 4 rings (SSSR count). The van der Waals surface area contributed by atoms with Crippen LogP contribution in [0.15, 0.2) is 18.3 Å². The first kappa shape index (κ1) is 26.6. The smallest absolute Gasteiger partial charge is 0.465 e. The molecule has 196 valence electrons. The molecule has 0 bridgehead atoms. The van der Waals surface area contributed by atoms with Crippen LogP contribution in [0.25, 0.3) is 0 Å². The number of carbonyl (C=O) groups excluding carboxylic acids is 2. The Balaban J connectivity index is 1.75. The Hall–Kier alpha value is -3.47. The first-order valence-electron chi connectivity index (χ1n) is 11.8. The minimum absolute atomic E-state index is 0.0388. The molecule has 1 aromatic heterocycles. The Kier molecular flexibility index (Phi) is 7.03. The number of halogens is 1. The number of aromatic nitrogens is 2. The molecule has 2 aromatic rings. The van der Waals surface area contributed by atoms with Gasteiger partial charge in [-0.2, -0.15) is 10.4 Å². The molecule has 1 amide bonds. The maximum Gasteiger partial charge on any atom is 0.495 e. The number of amides is 1. The maximum absolute atomic E-state index is 15.3. The standard InChI is InChI=1S/C24H29BFN5O6/c1-23(2)24(3,4)37-25(36-23)16-8-14(9-17(26)19(16)22(33)34-5)29-21-15(20(28)32)11-31(30-21)18-12-35-7-6-13(18)10-27/h8-9,11,13,18H,6-7,12H2,1-5H3,(H2,28,32)(H,29,30). The van der Waals surface area contributed by atoms with Crippen molar-refractivity contribution in [2.24, 2.45) is 11.7 Å². The van der Waals surface area contributed by atoms with Gasteiger partial charge >= 0.3 is 13.1 Å². The molecular weight excluding hydrogens is 484 g/mol. The number of ether oxygens (including phenoxy) is 2. The van der Waals surface area contributed by atoms with Crippen LogP contribution >= 0.6 is 0 Å². The Labute approximate surface area is 214 Å². The number of rotatable bonds is 6. The molecule has 2 aliphatic heterocycles. The van der Waals surface area contributed by atoms with Crippen LogP contribution in [0, 0.1) is 23.1 Å². The van der Waals surface area contributed by atoms with Crippen molar-refractivity contribution in [2.45, 2.75) is 51.4 Å². The van der Waals surface area contributed by atoms with Crippen LogP contribution in [0.2, 0.25) is 0 Å². The first-order chi connectivity index (χ1) is 17.4. The molecule has 0 spiro atoms. The molecular formula is C24H29BFN5O6. The van der Waals surface area contributed by atoms with E-state index in [1.54, 1.807) is 0 Å². The van der Waals surface area contributed by atoms with Gasteiger partial charge in [0.05, 0.1) is 48.5 Å². The van der Waals surface area contributed by atoms with Gasteiger partial charge in [-0.25, -0.2) is 9.18 Å². The third-order valence-electron chi connectivity index (χ3n) is 7.11. The summed E-state index contributed by atoms with van der Waals surface area (Å²) in [6.07, 6.45) is 1.95. The van der Waals surface area contributed by atoms with E-state index in [1.807, 2.05) is 27.7 Å². The average molecular weight is 513 g/mol. The van der Waals surface area contributed by atoms with Gasteiger partial charge in [0.2, 0.25) is 0 Å². The van der Waals surface area contributed by atoms with Crippen molar-refractivity contribution < 1.29 is 32.8 Å². The number of nitrogens with zero attached hydrogens (tertiary/aromatic N) is 3. The zero-order valence-corrected chi connectivity index (χ0v) is 21.3. The fourth-order valence-electron chi connectivity index (χ4n) is 4.28. The highest BCUT2D eigenvalue weighted by Crippen LogP contribution is 2.37. The Bertz CT molecular complexity index is 1260. The van der Waals surface area contributed by atoms with Crippen molar-refractivity contribution >= 4 is 36.0 Å². The van der Waals surface area contributed by atoms with Gasteiger partial charge < -0.3 is 29.8 Å². The summed E-state index contributed by atoms with van der Waals surface area (Å²) in [6.45, 7) is 8.03. The molecule has 0 radical (unpaired) electrons. The van der Waals surface area contributed by atoms with Gasteiger partial charge in [-0.15, -0.1) is 0 Å². The van der Waals surface area contributed by atoms with Crippen LogP contribution in [-0.4, -0.2) is 60.3 Å². The van der Waals surface area contributed by atoms with E-state index >= 15 is 4.39 Å². The largest absolute Gasteiger partial charge is 0.495 e. The monoisotopic (exact) mass is 513 g/mol. The van der Waals surface area contributed by atoms with Gasteiger partial charge in [-0.05, 0) is 46.2 Å². The highest BCUT2D eigenvalue weighted by atomic mass is 19.1. The number of nitrogens with one attached hydrogen (secondary N) is 1. The van der Waals surface area contributed by atoms with Crippen molar-refractivity contribution in [3.05, 3.63) is 35.3 Å². The van der Waals surface area contributed by atoms with E-state index < -0.39 is 42.1 Å². The second kappa shape index (κ2) is 9.77. The summed E-state index contributed by atoms with van der Waals surface area (Å²) in [6, 6.07) is 4.37. The average Bonchev–Trinajstić information content (AvgIpc) is 3.35. The van der Waals surface area contributed by atoms with Crippen molar-refractivity contribution in [1.29, 1.82) is 5.26 Å². The summed E-state index contributed by atoms with van der Waals surface area (Å²) in [7, 11) is 0.0799. The predicted molar refractivity (Wildman–Crippen MR) is 131 cm³/mol. The lowest BCUT2D eigenvalue weighted by Gasteiger charge is -2.32. The van der Waals surface area contributed by atoms with Crippen molar-refractivity contribution in [1.82, 2.24) is 9.78 Å². The Morgan fingerprint density at radius 3 is 2.57 bits per heavy atom. The second-order valence-corrected chi connectivity index (χ2v) is 10.0. The second-order valence-electron chi connectivity index (χ2n) is 10.0. The number of hydrogen-bond donors (Lipinski definition) is 2. The van der Waals surface area contributed by atoms with Gasteiger partial charge in [0.25, 0.3) is 5.91 Å². The molecule has 2 atom stereocenters. The quantitative estimate of drug-likeness (QED) is 0.437. The van der Waals surface area contributed by atoms with E-state index in [9.17, 15) is 14.9 Å². The first-order valence-corrected chi connectivity index (χ1v) is 11.8. The molecule has 11 nitrogen and oxygen atoms in total. The Morgan fingerprint density at radius 2 is 1.97 bits per heavy atom. The number of nitrogens with two attached hydrogens (primary N) is 1. The lowest BCUT2D eigenvalue weighted by atomic mass is 9.75. The number of anilines is 2. The van der Waals surface area contributed by atoms with E-state index in [4.69, 9.17) is 24.5 Å². The summed E-state index contributed by atoms with van der Waals surface area (Å²) in [4.78, 5) is 24.7. The molecule has 0 saturated carbocycles. The highest BCUT2D eigenvalue weighted by molar-refractivity contribution is 6.63. The van der Waals surface area contributed by atoms with Crippen LogP contribution in [0.5, 0.6) is 0 Å². The topological polar surface area (TPSA) is 151 Å². The molecule has 1 aromatic carbocycles. The van der Waals surface area contributed by atoms with Crippen LogP contribution < -0.4 is 16.5 Å². The number of methoxy groups -OCH3 is 1. The molecule has 13 heteroatoms. The van der Waals surface area contributed by atoms with E-state index in [2.05, 4.69) is 16.5 Å². The van der Waals surface area contributed by atoms with Crippen LogP contribution in [0.4, 0.5) is 15.9 Å². The molecule has 2 aliphatic rings. The SMILES string of the molecule is COC(=O)c1c(F)cc(Nc2nn(C3COCCC3C#N)cc2C(N)=O)cc1B1OC(C)(C)C(C)(C)O1. The third-order valence-corrected chi connectivity index (χ3v) is 7.11. The molecule has 3 heterocycles. The predicted octanol–water partition coefficient (Wildman–Crippen LogP) is 2.05. The zero-order chi connectivity index (χ0) is 27.1. The summed E-state index contributed by atoms with van der Waals surface area (Å²) >= 11 is 0. The number of primary amides is 1.